The quantitative estimate of drug-likeness (QED) is 0.469. The van der Waals surface area contributed by atoms with Crippen molar-refractivity contribution in [3.63, 3.8) is 0 Å². The van der Waals surface area contributed by atoms with Gasteiger partial charge in [0.15, 0.2) is 6.29 Å². The Bertz CT molecular complexity index is 170. The Morgan fingerprint density at radius 3 is 1.90 bits per heavy atom. The monoisotopic (exact) mass is 296 g/mol. The fourth-order valence-electron chi connectivity index (χ4n) is 1.48. The topological polar surface area (TPSA) is 97.6 Å². The maximum atomic E-state index is 8.42. The van der Waals surface area contributed by atoms with E-state index in [2.05, 4.69) is 4.74 Å². The second-order valence-electron chi connectivity index (χ2n) is 4.06. The number of hydrogen-bond acceptors (Lipinski definition) is 7. The average molecular weight is 296 g/mol. The van der Waals surface area contributed by atoms with Crippen LogP contribution in [0.3, 0.4) is 0 Å². The molecule has 1 atom stereocenters. The smallest absolute Gasteiger partial charge is 0.157 e. The van der Waals surface area contributed by atoms with Crippen molar-refractivity contribution in [2.75, 3.05) is 59.5 Å². The second-order valence-corrected chi connectivity index (χ2v) is 4.06. The van der Waals surface area contributed by atoms with Crippen molar-refractivity contribution in [3.8, 4) is 0 Å². The summed E-state index contributed by atoms with van der Waals surface area (Å²) in [6.45, 7) is 3.03. The third-order valence-corrected chi connectivity index (χ3v) is 2.38. The highest BCUT2D eigenvalue weighted by molar-refractivity contribution is 4.53. The molecule has 0 spiro atoms. The van der Waals surface area contributed by atoms with Gasteiger partial charge in [-0.3, -0.25) is 0 Å². The molecule has 0 saturated carbocycles. The molecular weight excluding hydrogens is 268 g/mol. The fraction of sp³-hybridized carbons (Fsp3) is 1.00. The minimum atomic E-state index is -0.0357. The lowest BCUT2D eigenvalue weighted by Crippen LogP contribution is -2.24. The van der Waals surface area contributed by atoms with Crippen LogP contribution in [0.4, 0.5) is 0 Å². The lowest BCUT2D eigenvalue weighted by Gasteiger charge is -2.22. The van der Waals surface area contributed by atoms with E-state index in [1.807, 2.05) is 0 Å². The summed E-state index contributed by atoms with van der Waals surface area (Å²) in [5, 5.41) is 24.6. The molecule has 0 aliphatic carbocycles. The molecule has 1 unspecified atom stereocenters. The molecular formula is C13H28O7. The zero-order valence-corrected chi connectivity index (χ0v) is 12.0. The Balaban J connectivity index is 0.000000441. The third-order valence-electron chi connectivity index (χ3n) is 2.38. The van der Waals surface area contributed by atoms with E-state index in [9.17, 15) is 0 Å². The minimum absolute atomic E-state index is 0.0278. The van der Waals surface area contributed by atoms with Crippen LogP contribution in [-0.2, 0) is 18.9 Å². The van der Waals surface area contributed by atoms with Gasteiger partial charge in [0.25, 0.3) is 0 Å². The van der Waals surface area contributed by atoms with Crippen LogP contribution in [0.2, 0.25) is 0 Å². The van der Waals surface area contributed by atoms with Crippen molar-refractivity contribution in [2.24, 2.45) is 0 Å². The van der Waals surface area contributed by atoms with Crippen LogP contribution in [0.5, 0.6) is 0 Å². The first kappa shape index (κ1) is 19.7. The van der Waals surface area contributed by atoms with Crippen LogP contribution in [0.15, 0.2) is 0 Å². The normalized spacial score (nSPS) is 18.4. The lowest BCUT2D eigenvalue weighted by atomic mass is 10.2. The van der Waals surface area contributed by atoms with Gasteiger partial charge in [-0.2, -0.15) is 0 Å². The summed E-state index contributed by atoms with van der Waals surface area (Å²) in [6, 6.07) is 0. The molecule has 0 bridgehead atoms. The standard InChI is InChI=1S/C9H18O4.C4H10O3/c10-4-6-11-7-8-13-9-3-1-2-5-12-9;5-1-3-7-4-2-6/h9-10H,1-8H2;5-6H,1-4H2. The van der Waals surface area contributed by atoms with Gasteiger partial charge in [-0.25, -0.2) is 0 Å². The number of aliphatic hydroxyl groups is 3. The number of aliphatic hydroxyl groups excluding tert-OH is 3. The summed E-state index contributed by atoms with van der Waals surface area (Å²) in [7, 11) is 0. The SMILES string of the molecule is OCCOCCO.OCCOCCOC1CCCCO1. The molecule has 1 heterocycles. The maximum absolute atomic E-state index is 8.42. The van der Waals surface area contributed by atoms with Crippen LogP contribution >= 0.6 is 0 Å². The molecule has 0 aromatic heterocycles. The van der Waals surface area contributed by atoms with E-state index in [0.717, 1.165) is 19.4 Å². The summed E-state index contributed by atoms with van der Waals surface area (Å²) in [5.41, 5.74) is 0. The highest BCUT2D eigenvalue weighted by Crippen LogP contribution is 2.13. The molecule has 7 heteroatoms. The van der Waals surface area contributed by atoms with Crippen molar-refractivity contribution < 1.29 is 34.3 Å². The van der Waals surface area contributed by atoms with Crippen LogP contribution < -0.4 is 0 Å². The van der Waals surface area contributed by atoms with Crippen molar-refractivity contribution in [1.82, 2.24) is 0 Å². The van der Waals surface area contributed by atoms with E-state index in [1.165, 1.54) is 6.42 Å². The summed E-state index contributed by atoms with van der Waals surface area (Å²) in [4.78, 5) is 0. The van der Waals surface area contributed by atoms with E-state index in [-0.39, 0.29) is 26.1 Å². The van der Waals surface area contributed by atoms with Gasteiger partial charge >= 0.3 is 0 Å². The molecule has 0 radical (unpaired) electrons. The van der Waals surface area contributed by atoms with Gasteiger partial charge in [0.1, 0.15) is 0 Å². The Hall–Kier alpha value is -0.280. The van der Waals surface area contributed by atoms with Crippen molar-refractivity contribution in [3.05, 3.63) is 0 Å². The number of hydrogen-bond donors (Lipinski definition) is 3. The zero-order valence-electron chi connectivity index (χ0n) is 12.0. The second kappa shape index (κ2) is 16.8. The molecule has 20 heavy (non-hydrogen) atoms. The predicted molar refractivity (Wildman–Crippen MR) is 72.4 cm³/mol. The summed E-state index contributed by atoms with van der Waals surface area (Å²) in [6.07, 6.45) is 3.27. The molecule has 1 aliphatic heterocycles. The highest BCUT2D eigenvalue weighted by atomic mass is 16.7. The minimum Gasteiger partial charge on any atom is -0.394 e. The number of rotatable bonds is 10. The van der Waals surface area contributed by atoms with Crippen LogP contribution in [0.25, 0.3) is 0 Å². The van der Waals surface area contributed by atoms with Gasteiger partial charge in [0.2, 0.25) is 0 Å². The van der Waals surface area contributed by atoms with Crippen molar-refractivity contribution >= 4 is 0 Å². The molecule has 7 nitrogen and oxygen atoms in total. The van der Waals surface area contributed by atoms with E-state index in [0.29, 0.717) is 33.0 Å². The van der Waals surface area contributed by atoms with Crippen molar-refractivity contribution in [1.29, 1.82) is 0 Å². The third kappa shape index (κ3) is 14.1. The largest absolute Gasteiger partial charge is 0.394 e. The first-order valence-corrected chi connectivity index (χ1v) is 7.06. The van der Waals surface area contributed by atoms with Gasteiger partial charge in [-0.15, -0.1) is 0 Å². The Labute approximate surface area is 120 Å². The average Bonchev–Trinajstić information content (AvgIpc) is 2.49. The molecule has 0 aromatic rings. The highest BCUT2D eigenvalue weighted by Gasteiger charge is 2.13. The molecule has 3 N–H and O–H groups in total. The molecule has 1 fully saturated rings. The van der Waals surface area contributed by atoms with Gasteiger partial charge in [0.05, 0.1) is 52.9 Å². The molecule has 0 amide bonds. The zero-order chi connectivity index (χ0) is 14.9. The van der Waals surface area contributed by atoms with Gasteiger partial charge < -0.3 is 34.3 Å². The van der Waals surface area contributed by atoms with Gasteiger partial charge in [0, 0.05) is 6.61 Å². The Morgan fingerprint density at radius 1 is 0.800 bits per heavy atom. The maximum Gasteiger partial charge on any atom is 0.157 e. The Kier molecular flexibility index (Phi) is 16.5. The van der Waals surface area contributed by atoms with Gasteiger partial charge in [-0.1, -0.05) is 0 Å². The first-order chi connectivity index (χ1) is 9.85. The lowest BCUT2D eigenvalue weighted by molar-refractivity contribution is -0.169. The summed E-state index contributed by atoms with van der Waals surface area (Å²) >= 11 is 0. The molecule has 122 valence electrons. The predicted octanol–water partition coefficient (Wildman–Crippen LogP) is -0.474. The molecule has 0 aromatic carbocycles. The fourth-order valence-corrected chi connectivity index (χ4v) is 1.48. The van der Waals surface area contributed by atoms with E-state index in [4.69, 9.17) is 29.5 Å². The van der Waals surface area contributed by atoms with Crippen molar-refractivity contribution in [2.45, 2.75) is 25.6 Å². The van der Waals surface area contributed by atoms with Crippen LogP contribution in [0, 0.1) is 0 Å². The summed E-state index contributed by atoms with van der Waals surface area (Å²) in [5.74, 6) is 0. The molecule has 1 rings (SSSR count). The molecule has 1 aliphatic rings. The Morgan fingerprint density at radius 2 is 1.40 bits per heavy atom. The van der Waals surface area contributed by atoms with Crippen LogP contribution in [-0.4, -0.2) is 81.1 Å². The van der Waals surface area contributed by atoms with E-state index in [1.54, 1.807) is 0 Å². The van der Waals surface area contributed by atoms with Gasteiger partial charge in [-0.05, 0) is 19.3 Å². The van der Waals surface area contributed by atoms with Crippen LogP contribution in [0.1, 0.15) is 19.3 Å². The molecule has 1 saturated heterocycles. The summed E-state index contributed by atoms with van der Waals surface area (Å²) < 4.78 is 20.4. The van der Waals surface area contributed by atoms with E-state index < -0.39 is 0 Å². The van der Waals surface area contributed by atoms with E-state index >= 15 is 0 Å². The number of ether oxygens (including phenoxy) is 4. The first-order valence-electron chi connectivity index (χ1n) is 7.06.